The molecule has 0 radical (unpaired) electrons. The molecule has 0 aliphatic heterocycles. The Bertz CT molecular complexity index is 487. The first-order valence-electron chi connectivity index (χ1n) is 6.86. The second-order valence-electron chi connectivity index (χ2n) is 5.16. The van der Waals surface area contributed by atoms with Crippen molar-refractivity contribution in [1.29, 1.82) is 0 Å². The van der Waals surface area contributed by atoms with E-state index in [1.54, 1.807) is 0 Å². The number of amides is 1. The van der Waals surface area contributed by atoms with Crippen LogP contribution in [0.25, 0.3) is 0 Å². The van der Waals surface area contributed by atoms with E-state index in [9.17, 15) is 4.79 Å². The molecule has 1 aromatic carbocycles. The van der Waals surface area contributed by atoms with Crippen LogP contribution in [0.15, 0.2) is 34.3 Å². The number of halogens is 1. The van der Waals surface area contributed by atoms with Gasteiger partial charge in [-0.1, -0.05) is 18.5 Å². The highest BCUT2D eigenvalue weighted by Gasteiger charge is 2.14. The summed E-state index contributed by atoms with van der Waals surface area (Å²) in [5.41, 5.74) is 3.78. The van der Waals surface area contributed by atoms with Gasteiger partial charge in [0.2, 0.25) is 5.91 Å². The highest BCUT2D eigenvalue weighted by molar-refractivity contribution is 8.00. The summed E-state index contributed by atoms with van der Waals surface area (Å²) in [6.45, 7) is 2.23. The van der Waals surface area contributed by atoms with Gasteiger partial charge in [-0.05, 0) is 55.9 Å². The summed E-state index contributed by atoms with van der Waals surface area (Å²) in [4.78, 5) is 12.8. The summed E-state index contributed by atoms with van der Waals surface area (Å²) in [6, 6.07) is 7.47. The largest absolute Gasteiger partial charge is 0.272 e. The number of rotatable bonds is 4. The molecule has 20 heavy (non-hydrogen) atoms. The van der Waals surface area contributed by atoms with E-state index >= 15 is 0 Å². The lowest BCUT2D eigenvalue weighted by Gasteiger charge is -2.18. The molecule has 1 N–H and O–H groups in total. The number of carbonyl (C=O) groups excluding carboxylic acids is 1. The van der Waals surface area contributed by atoms with E-state index in [1.807, 2.05) is 24.3 Å². The van der Waals surface area contributed by atoms with Crippen molar-refractivity contribution < 1.29 is 4.79 Å². The van der Waals surface area contributed by atoms with E-state index in [0.717, 1.165) is 23.4 Å². The molecule has 0 unspecified atom stereocenters. The molecule has 1 atom stereocenters. The van der Waals surface area contributed by atoms with Crippen molar-refractivity contribution in [3.63, 3.8) is 0 Å². The van der Waals surface area contributed by atoms with Gasteiger partial charge in [0.15, 0.2) is 0 Å². The van der Waals surface area contributed by atoms with E-state index in [1.165, 1.54) is 24.6 Å². The Balaban J connectivity index is 1.75. The second-order valence-corrected chi connectivity index (χ2v) is 6.64. The van der Waals surface area contributed by atoms with Crippen LogP contribution in [0, 0.1) is 5.92 Å². The molecular formula is C15H19ClN2OS. The maximum Gasteiger partial charge on any atom is 0.250 e. The molecule has 3 nitrogen and oxygen atoms in total. The summed E-state index contributed by atoms with van der Waals surface area (Å²) >= 11 is 7.30. The number of benzene rings is 1. The quantitative estimate of drug-likeness (QED) is 0.671. The number of thioether (sulfide) groups is 1. The van der Waals surface area contributed by atoms with Gasteiger partial charge in [-0.25, -0.2) is 5.43 Å². The van der Waals surface area contributed by atoms with Crippen LogP contribution in [0.2, 0.25) is 5.02 Å². The third-order valence-electron chi connectivity index (χ3n) is 3.27. The minimum atomic E-state index is -0.0596. The lowest BCUT2D eigenvalue weighted by molar-refractivity contribution is -0.118. The Morgan fingerprint density at radius 2 is 2.20 bits per heavy atom. The number of nitrogens with one attached hydrogen (secondary N) is 1. The summed E-state index contributed by atoms with van der Waals surface area (Å²) in [6.07, 6.45) is 4.45. The molecule has 108 valence electrons. The fraction of sp³-hybridized carbons (Fsp3) is 0.467. The second kappa shape index (κ2) is 7.70. The van der Waals surface area contributed by atoms with Crippen molar-refractivity contribution in [3.8, 4) is 0 Å². The summed E-state index contributed by atoms with van der Waals surface area (Å²) in [5.74, 6) is 0.993. The number of hydrogen-bond acceptors (Lipinski definition) is 3. The van der Waals surface area contributed by atoms with E-state index in [2.05, 4.69) is 17.5 Å². The Hall–Kier alpha value is -1.00. The van der Waals surface area contributed by atoms with Gasteiger partial charge >= 0.3 is 0 Å². The molecule has 1 aromatic rings. The van der Waals surface area contributed by atoms with Crippen LogP contribution in [0.5, 0.6) is 0 Å². The number of nitrogens with zero attached hydrogens (tertiary/aromatic N) is 1. The van der Waals surface area contributed by atoms with Crippen molar-refractivity contribution >= 4 is 35.0 Å². The monoisotopic (exact) mass is 310 g/mol. The zero-order valence-corrected chi connectivity index (χ0v) is 13.1. The van der Waals surface area contributed by atoms with Crippen LogP contribution >= 0.6 is 23.4 Å². The molecule has 5 heteroatoms. The van der Waals surface area contributed by atoms with Gasteiger partial charge in [-0.2, -0.15) is 5.10 Å². The van der Waals surface area contributed by atoms with Crippen LogP contribution in [-0.2, 0) is 4.79 Å². The van der Waals surface area contributed by atoms with Gasteiger partial charge in [0.1, 0.15) is 0 Å². The SMILES string of the molecule is C[C@@H]1CCC/C(=N/NC(=O)CSc2ccc(Cl)cc2)C1. The molecule has 1 saturated carbocycles. The molecular weight excluding hydrogens is 292 g/mol. The van der Waals surface area contributed by atoms with Gasteiger partial charge in [0.05, 0.1) is 5.75 Å². The van der Waals surface area contributed by atoms with E-state index in [-0.39, 0.29) is 5.91 Å². The highest BCUT2D eigenvalue weighted by Crippen LogP contribution is 2.21. The van der Waals surface area contributed by atoms with Gasteiger partial charge in [0, 0.05) is 15.6 Å². The molecule has 0 bridgehead atoms. The molecule has 2 rings (SSSR count). The Kier molecular flexibility index (Phi) is 5.92. The normalized spacial score (nSPS) is 20.9. The van der Waals surface area contributed by atoms with Crippen LogP contribution in [0.4, 0.5) is 0 Å². The zero-order valence-electron chi connectivity index (χ0n) is 11.6. The smallest absolute Gasteiger partial charge is 0.250 e. The highest BCUT2D eigenvalue weighted by atomic mass is 35.5. The summed E-state index contributed by atoms with van der Waals surface area (Å²) in [7, 11) is 0. The molecule has 0 spiro atoms. The summed E-state index contributed by atoms with van der Waals surface area (Å²) in [5, 5.41) is 4.95. The maximum atomic E-state index is 11.7. The topological polar surface area (TPSA) is 41.5 Å². The molecule has 0 aromatic heterocycles. The summed E-state index contributed by atoms with van der Waals surface area (Å²) < 4.78 is 0. The van der Waals surface area contributed by atoms with Crippen LogP contribution < -0.4 is 5.43 Å². The standard InChI is InChI=1S/C15H19ClN2OS/c1-11-3-2-4-13(9-11)17-18-15(19)10-20-14-7-5-12(16)6-8-14/h5-8,11H,2-4,9-10H2,1H3,(H,18,19)/b17-13-/t11-/m1/s1. The van der Waals surface area contributed by atoms with Crippen molar-refractivity contribution in [1.82, 2.24) is 5.43 Å². The first kappa shape index (κ1) is 15.4. The number of hydrogen-bond donors (Lipinski definition) is 1. The zero-order chi connectivity index (χ0) is 14.4. The van der Waals surface area contributed by atoms with Crippen LogP contribution in [0.1, 0.15) is 32.6 Å². The predicted molar refractivity (Wildman–Crippen MR) is 85.4 cm³/mol. The van der Waals surface area contributed by atoms with Gasteiger partial charge in [0.25, 0.3) is 0 Å². The minimum absolute atomic E-state index is 0.0596. The first-order valence-corrected chi connectivity index (χ1v) is 8.22. The fourth-order valence-corrected chi connectivity index (χ4v) is 3.03. The predicted octanol–water partition coefficient (Wildman–Crippen LogP) is 4.11. The molecule has 1 aliphatic rings. The number of carbonyl (C=O) groups is 1. The Morgan fingerprint density at radius 1 is 1.45 bits per heavy atom. The third kappa shape index (κ3) is 5.17. The molecule has 1 amide bonds. The average molecular weight is 311 g/mol. The minimum Gasteiger partial charge on any atom is -0.272 e. The Morgan fingerprint density at radius 3 is 2.90 bits per heavy atom. The van der Waals surface area contributed by atoms with Crippen molar-refractivity contribution in [2.24, 2.45) is 11.0 Å². The molecule has 0 saturated heterocycles. The van der Waals surface area contributed by atoms with Crippen molar-refractivity contribution in [2.45, 2.75) is 37.5 Å². The lowest BCUT2D eigenvalue weighted by atomic mass is 9.89. The number of hydrazone groups is 1. The van der Waals surface area contributed by atoms with E-state index < -0.39 is 0 Å². The van der Waals surface area contributed by atoms with Gasteiger partial charge in [-0.15, -0.1) is 11.8 Å². The fourth-order valence-electron chi connectivity index (χ4n) is 2.22. The average Bonchev–Trinajstić information content (AvgIpc) is 2.45. The lowest BCUT2D eigenvalue weighted by Crippen LogP contribution is -2.23. The van der Waals surface area contributed by atoms with Crippen LogP contribution in [0.3, 0.4) is 0 Å². The van der Waals surface area contributed by atoms with Crippen LogP contribution in [-0.4, -0.2) is 17.4 Å². The first-order chi connectivity index (χ1) is 9.63. The maximum absolute atomic E-state index is 11.7. The van der Waals surface area contributed by atoms with E-state index in [0.29, 0.717) is 16.7 Å². The molecule has 1 aliphatic carbocycles. The van der Waals surface area contributed by atoms with E-state index in [4.69, 9.17) is 11.6 Å². The Labute approximate surface area is 129 Å². The third-order valence-corrected chi connectivity index (χ3v) is 4.53. The van der Waals surface area contributed by atoms with Gasteiger partial charge in [-0.3, -0.25) is 4.79 Å². The van der Waals surface area contributed by atoms with Crippen molar-refractivity contribution in [2.75, 3.05) is 5.75 Å². The van der Waals surface area contributed by atoms with Crippen molar-refractivity contribution in [3.05, 3.63) is 29.3 Å². The molecule has 0 heterocycles. The molecule has 1 fully saturated rings. The van der Waals surface area contributed by atoms with Gasteiger partial charge < -0.3 is 0 Å².